The van der Waals surface area contributed by atoms with Gasteiger partial charge in [-0.1, -0.05) is 35.9 Å². The van der Waals surface area contributed by atoms with Crippen molar-refractivity contribution in [2.45, 2.75) is 6.92 Å². The van der Waals surface area contributed by atoms with Crippen LogP contribution >= 0.6 is 11.6 Å². The number of rotatable bonds is 7. The van der Waals surface area contributed by atoms with E-state index in [1.165, 1.54) is 0 Å². The van der Waals surface area contributed by atoms with E-state index in [0.29, 0.717) is 39.8 Å². The molecule has 0 saturated heterocycles. The van der Waals surface area contributed by atoms with Crippen molar-refractivity contribution in [2.75, 3.05) is 13.2 Å². The van der Waals surface area contributed by atoms with Gasteiger partial charge in [0, 0.05) is 10.6 Å². The summed E-state index contributed by atoms with van der Waals surface area (Å²) in [5, 5.41) is 18.7. The number of benzene rings is 2. The molecule has 0 spiro atoms. The van der Waals surface area contributed by atoms with Crippen LogP contribution in [0.2, 0.25) is 5.02 Å². The number of carboxylic acids is 1. The van der Waals surface area contributed by atoms with Crippen LogP contribution in [0.4, 0.5) is 0 Å². The third-order valence-corrected chi connectivity index (χ3v) is 3.54. The molecule has 1 N–H and O–H groups in total. The van der Waals surface area contributed by atoms with Crippen LogP contribution in [0.25, 0.3) is 11.6 Å². The van der Waals surface area contributed by atoms with E-state index in [2.05, 4.69) is 6.07 Å². The molecule has 0 atom stereocenters. The van der Waals surface area contributed by atoms with E-state index in [4.69, 9.17) is 26.2 Å². The molecule has 0 aliphatic rings. The fourth-order valence-electron chi connectivity index (χ4n) is 2.16. The van der Waals surface area contributed by atoms with Gasteiger partial charge in [0.15, 0.2) is 18.1 Å². The van der Waals surface area contributed by atoms with Crippen molar-refractivity contribution in [3.05, 3.63) is 58.6 Å². The van der Waals surface area contributed by atoms with Gasteiger partial charge in [0.2, 0.25) is 0 Å². The van der Waals surface area contributed by atoms with Gasteiger partial charge in [-0.2, -0.15) is 5.26 Å². The van der Waals surface area contributed by atoms with Crippen LogP contribution in [0, 0.1) is 11.3 Å². The molecule has 0 saturated carbocycles. The van der Waals surface area contributed by atoms with E-state index < -0.39 is 12.6 Å². The molecule has 2 aromatic carbocycles. The first-order valence-corrected chi connectivity index (χ1v) is 7.91. The summed E-state index contributed by atoms with van der Waals surface area (Å²) in [6, 6.07) is 14.2. The van der Waals surface area contributed by atoms with Gasteiger partial charge < -0.3 is 14.6 Å². The highest BCUT2D eigenvalue weighted by Crippen LogP contribution is 2.31. The molecule has 6 heteroatoms. The zero-order valence-electron chi connectivity index (χ0n) is 13.5. The minimum atomic E-state index is -1.07. The fraction of sp³-hybridized carbons (Fsp3) is 0.158. The molecule has 0 unspecified atom stereocenters. The molecule has 0 fully saturated rings. The number of carbonyl (C=O) groups is 1. The van der Waals surface area contributed by atoms with Crippen LogP contribution in [-0.4, -0.2) is 24.3 Å². The molecule has 2 rings (SSSR count). The number of allylic oxidation sites excluding steroid dienone is 1. The first-order chi connectivity index (χ1) is 12.0. The van der Waals surface area contributed by atoms with Gasteiger partial charge in [-0.3, -0.25) is 0 Å². The highest BCUT2D eigenvalue weighted by molar-refractivity contribution is 6.32. The van der Waals surface area contributed by atoms with Gasteiger partial charge in [0.05, 0.1) is 18.2 Å². The Morgan fingerprint density at radius 3 is 2.64 bits per heavy atom. The molecular weight excluding hydrogens is 342 g/mol. The molecule has 2 aromatic rings. The van der Waals surface area contributed by atoms with Crippen LogP contribution in [0.15, 0.2) is 42.5 Å². The number of nitrogens with zero attached hydrogens (tertiary/aromatic N) is 1. The third-order valence-electron chi connectivity index (χ3n) is 3.21. The number of halogens is 1. The van der Waals surface area contributed by atoms with Crippen LogP contribution in [0.5, 0.6) is 11.5 Å². The Balaban J connectivity index is 2.38. The molecule has 0 heterocycles. The topological polar surface area (TPSA) is 79.5 Å². The van der Waals surface area contributed by atoms with Crippen LogP contribution in [0.1, 0.15) is 18.1 Å². The lowest BCUT2D eigenvalue weighted by atomic mass is 10.0. The summed E-state index contributed by atoms with van der Waals surface area (Å²) in [5.74, 6) is -0.330. The molecule has 5 nitrogen and oxygen atoms in total. The zero-order valence-corrected chi connectivity index (χ0v) is 14.3. The van der Waals surface area contributed by atoms with Crippen LogP contribution in [0.3, 0.4) is 0 Å². The molecule has 0 aliphatic heterocycles. The molecule has 0 aromatic heterocycles. The average molecular weight is 358 g/mol. The predicted octanol–water partition coefficient (Wildman–Crippen LogP) is 4.27. The quantitative estimate of drug-likeness (QED) is 0.591. The number of hydrogen-bond acceptors (Lipinski definition) is 4. The Bertz CT molecular complexity index is 840. The Morgan fingerprint density at radius 2 is 2.00 bits per heavy atom. The Labute approximate surface area is 150 Å². The molecular formula is C19H16ClNO4. The zero-order chi connectivity index (χ0) is 18.2. The number of ether oxygens (including phenoxy) is 2. The van der Waals surface area contributed by atoms with Gasteiger partial charge in [-0.15, -0.1) is 0 Å². The summed E-state index contributed by atoms with van der Waals surface area (Å²) in [4.78, 5) is 10.7. The standard InChI is InChI=1S/C19H16ClNO4/c1-2-24-18-10-13(7-8-17(18)25-12-19(22)23)9-14(11-21)15-5-3-4-6-16(15)20/h3-10H,2,12H2,1H3,(H,22,23). The summed E-state index contributed by atoms with van der Waals surface area (Å²) < 4.78 is 10.7. The highest BCUT2D eigenvalue weighted by atomic mass is 35.5. The maximum atomic E-state index is 10.7. The van der Waals surface area contributed by atoms with Crippen molar-refractivity contribution in [3.8, 4) is 17.6 Å². The second kappa shape index (κ2) is 8.76. The van der Waals surface area contributed by atoms with E-state index in [1.54, 1.807) is 48.5 Å². The van der Waals surface area contributed by atoms with E-state index in [-0.39, 0.29) is 0 Å². The molecule has 0 aliphatic carbocycles. The van der Waals surface area contributed by atoms with Crippen molar-refractivity contribution < 1.29 is 19.4 Å². The van der Waals surface area contributed by atoms with E-state index in [9.17, 15) is 10.1 Å². The Hall–Kier alpha value is -2.97. The predicted molar refractivity (Wildman–Crippen MR) is 95.7 cm³/mol. The van der Waals surface area contributed by atoms with Crippen molar-refractivity contribution in [1.29, 1.82) is 5.26 Å². The SMILES string of the molecule is CCOc1cc(C=C(C#N)c2ccccc2Cl)ccc1OCC(=O)O. The first kappa shape index (κ1) is 18.4. The third kappa shape index (κ3) is 5.00. The minimum absolute atomic E-state index is 0.331. The number of hydrogen-bond donors (Lipinski definition) is 1. The summed E-state index contributed by atoms with van der Waals surface area (Å²) in [6.45, 7) is 1.75. The van der Waals surface area contributed by atoms with Crippen molar-refractivity contribution >= 4 is 29.2 Å². The van der Waals surface area contributed by atoms with Gasteiger partial charge >= 0.3 is 5.97 Å². The normalized spacial score (nSPS) is 10.8. The monoisotopic (exact) mass is 357 g/mol. The second-order valence-corrected chi connectivity index (χ2v) is 5.38. The lowest BCUT2D eigenvalue weighted by Gasteiger charge is -2.11. The summed E-state index contributed by atoms with van der Waals surface area (Å²) in [6.07, 6.45) is 1.69. The number of nitriles is 1. The lowest BCUT2D eigenvalue weighted by molar-refractivity contribution is -0.139. The molecule has 0 amide bonds. The van der Waals surface area contributed by atoms with Crippen molar-refractivity contribution in [3.63, 3.8) is 0 Å². The van der Waals surface area contributed by atoms with Gasteiger partial charge in [-0.05, 0) is 36.8 Å². The minimum Gasteiger partial charge on any atom is -0.490 e. The summed E-state index contributed by atoms with van der Waals surface area (Å²) in [7, 11) is 0. The van der Waals surface area contributed by atoms with Gasteiger partial charge in [0.25, 0.3) is 0 Å². The largest absolute Gasteiger partial charge is 0.490 e. The maximum Gasteiger partial charge on any atom is 0.341 e. The number of aliphatic carboxylic acids is 1. The van der Waals surface area contributed by atoms with Crippen LogP contribution < -0.4 is 9.47 Å². The second-order valence-electron chi connectivity index (χ2n) is 4.97. The van der Waals surface area contributed by atoms with E-state index >= 15 is 0 Å². The first-order valence-electron chi connectivity index (χ1n) is 7.53. The van der Waals surface area contributed by atoms with Crippen LogP contribution in [-0.2, 0) is 4.79 Å². The summed E-state index contributed by atoms with van der Waals surface area (Å²) in [5.41, 5.74) is 1.76. The fourth-order valence-corrected chi connectivity index (χ4v) is 2.40. The Morgan fingerprint density at radius 1 is 1.24 bits per heavy atom. The van der Waals surface area contributed by atoms with E-state index in [0.717, 1.165) is 0 Å². The smallest absolute Gasteiger partial charge is 0.341 e. The molecule has 0 radical (unpaired) electrons. The highest BCUT2D eigenvalue weighted by Gasteiger charge is 2.10. The summed E-state index contributed by atoms with van der Waals surface area (Å²) >= 11 is 6.15. The van der Waals surface area contributed by atoms with Gasteiger partial charge in [0.1, 0.15) is 0 Å². The number of carboxylic acid groups (broad SMARTS) is 1. The lowest BCUT2D eigenvalue weighted by Crippen LogP contribution is -2.10. The Kier molecular flexibility index (Phi) is 6.44. The molecule has 25 heavy (non-hydrogen) atoms. The maximum absolute atomic E-state index is 10.7. The van der Waals surface area contributed by atoms with Gasteiger partial charge in [-0.25, -0.2) is 4.79 Å². The molecule has 128 valence electrons. The van der Waals surface area contributed by atoms with Crippen molar-refractivity contribution in [1.82, 2.24) is 0 Å². The van der Waals surface area contributed by atoms with Crippen molar-refractivity contribution in [2.24, 2.45) is 0 Å². The average Bonchev–Trinajstić information content (AvgIpc) is 2.60. The van der Waals surface area contributed by atoms with E-state index in [1.807, 2.05) is 6.92 Å². The molecule has 0 bridgehead atoms.